The zero-order valence-electron chi connectivity index (χ0n) is 7.44. The fourth-order valence-corrected chi connectivity index (χ4v) is 3.85. The van der Waals surface area contributed by atoms with Gasteiger partial charge in [-0.15, -0.1) is 22.7 Å². The normalized spacial score (nSPS) is 24.4. The molecule has 2 aromatic heterocycles. The third-order valence-corrected chi connectivity index (χ3v) is 4.71. The molecule has 0 amide bonds. The second kappa shape index (κ2) is 2.90. The first kappa shape index (κ1) is 8.61. The van der Waals surface area contributed by atoms with Crippen LogP contribution in [0.1, 0.15) is 21.8 Å². The molecule has 4 N–H and O–H groups in total. The predicted octanol–water partition coefficient (Wildman–Crippen LogP) is 2.49. The van der Waals surface area contributed by atoms with E-state index in [4.69, 9.17) is 11.5 Å². The Hall–Kier alpha value is -0.680. The summed E-state index contributed by atoms with van der Waals surface area (Å²) < 4.78 is 0. The van der Waals surface area contributed by atoms with Crippen LogP contribution in [0.4, 0.5) is 0 Å². The monoisotopic (exact) mass is 222 g/mol. The van der Waals surface area contributed by atoms with Gasteiger partial charge in [0.15, 0.2) is 0 Å². The van der Waals surface area contributed by atoms with E-state index in [1.807, 2.05) is 0 Å². The molecule has 2 nitrogen and oxygen atoms in total. The van der Waals surface area contributed by atoms with Crippen LogP contribution in [-0.2, 0) is 0 Å². The van der Waals surface area contributed by atoms with Gasteiger partial charge in [-0.1, -0.05) is 0 Å². The van der Waals surface area contributed by atoms with Crippen LogP contribution >= 0.6 is 22.7 Å². The Morgan fingerprint density at radius 1 is 0.857 bits per heavy atom. The Kier molecular flexibility index (Phi) is 1.79. The van der Waals surface area contributed by atoms with Crippen molar-refractivity contribution >= 4 is 22.7 Å². The second-order valence-electron chi connectivity index (χ2n) is 3.45. The van der Waals surface area contributed by atoms with E-state index in [1.54, 1.807) is 22.7 Å². The molecular formula is C10H10N2S2. The largest absolute Gasteiger partial charge is 0.322 e. The highest BCUT2D eigenvalue weighted by Gasteiger charge is 2.30. The van der Waals surface area contributed by atoms with Gasteiger partial charge < -0.3 is 11.5 Å². The molecule has 3 rings (SSSR count). The van der Waals surface area contributed by atoms with E-state index in [0.717, 1.165) is 0 Å². The predicted molar refractivity (Wildman–Crippen MR) is 61.5 cm³/mol. The fourth-order valence-electron chi connectivity index (χ4n) is 1.93. The van der Waals surface area contributed by atoms with Crippen LogP contribution in [0, 0.1) is 0 Å². The average Bonchev–Trinajstić information content (AvgIpc) is 2.80. The Morgan fingerprint density at radius 2 is 1.29 bits per heavy atom. The molecule has 0 radical (unpaired) electrons. The molecule has 0 spiro atoms. The van der Waals surface area contributed by atoms with Gasteiger partial charge in [-0.25, -0.2) is 0 Å². The first-order valence-electron chi connectivity index (χ1n) is 4.45. The zero-order valence-corrected chi connectivity index (χ0v) is 9.07. The lowest BCUT2D eigenvalue weighted by atomic mass is 9.91. The van der Waals surface area contributed by atoms with Gasteiger partial charge in [-0.2, -0.15) is 0 Å². The summed E-state index contributed by atoms with van der Waals surface area (Å²) in [6, 6.07) is 4.21. The molecule has 2 aromatic rings. The van der Waals surface area contributed by atoms with E-state index in [0.29, 0.717) is 0 Å². The van der Waals surface area contributed by atoms with Crippen LogP contribution in [0.2, 0.25) is 0 Å². The SMILES string of the molecule is NC1c2sccc2-c2ccsc2C1N. The van der Waals surface area contributed by atoms with Crippen molar-refractivity contribution in [2.75, 3.05) is 0 Å². The van der Waals surface area contributed by atoms with Crippen LogP contribution in [0.3, 0.4) is 0 Å². The van der Waals surface area contributed by atoms with Crippen LogP contribution in [0.25, 0.3) is 11.1 Å². The quantitative estimate of drug-likeness (QED) is 0.719. The summed E-state index contributed by atoms with van der Waals surface area (Å²) in [5.74, 6) is 0. The van der Waals surface area contributed by atoms with Gasteiger partial charge in [0.1, 0.15) is 0 Å². The zero-order chi connectivity index (χ0) is 9.71. The van der Waals surface area contributed by atoms with Gasteiger partial charge in [-0.3, -0.25) is 0 Å². The molecule has 0 saturated heterocycles. The Bertz CT molecular complexity index is 428. The van der Waals surface area contributed by atoms with Crippen molar-refractivity contribution in [1.29, 1.82) is 0 Å². The third kappa shape index (κ3) is 0.966. The fraction of sp³-hybridized carbons (Fsp3) is 0.200. The van der Waals surface area contributed by atoms with Crippen molar-refractivity contribution in [3.63, 3.8) is 0 Å². The first-order valence-corrected chi connectivity index (χ1v) is 6.21. The van der Waals surface area contributed by atoms with Gasteiger partial charge in [0.05, 0.1) is 12.1 Å². The van der Waals surface area contributed by atoms with Crippen molar-refractivity contribution in [1.82, 2.24) is 0 Å². The summed E-state index contributed by atoms with van der Waals surface area (Å²) in [5, 5.41) is 4.17. The van der Waals surface area contributed by atoms with Crippen LogP contribution < -0.4 is 11.5 Å². The molecule has 0 aliphatic heterocycles. The lowest BCUT2D eigenvalue weighted by Crippen LogP contribution is -2.28. The molecule has 14 heavy (non-hydrogen) atoms. The molecule has 1 aliphatic rings. The molecule has 72 valence electrons. The summed E-state index contributed by atoms with van der Waals surface area (Å²) >= 11 is 3.41. The van der Waals surface area contributed by atoms with Crippen LogP contribution in [0.5, 0.6) is 0 Å². The molecule has 4 heteroatoms. The van der Waals surface area contributed by atoms with E-state index < -0.39 is 0 Å². The lowest BCUT2D eigenvalue weighted by molar-refractivity contribution is 0.586. The molecular weight excluding hydrogens is 212 g/mol. The Labute approximate surface area is 90.2 Å². The smallest absolute Gasteiger partial charge is 0.0600 e. The van der Waals surface area contributed by atoms with Crippen molar-refractivity contribution < 1.29 is 0 Å². The molecule has 2 atom stereocenters. The number of hydrogen-bond acceptors (Lipinski definition) is 4. The number of nitrogens with two attached hydrogens (primary N) is 2. The summed E-state index contributed by atoms with van der Waals surface area (Å²) in [4.78, 5) is 2.45. The number of fused-ring (bicyclic) bond motifs is 3. The van der Waals surface area contributed by atoms with Crippen molar-refractivity contribution in [3.05, 3.63) is 32.6 Å². The number of rotatable bonds is 0. The highest BCUT2D eigenvalue weighted by Crippen LogP contribution is 2.46. The summed E-state index contributed by atoms with van der Waals surface area (Å²) in [5.41, 5.74) is 14.8. The maximum Gasteiger partial charge on any atom is 0.0600 e. The van der Waals surface area contributed by atoms with Crippen molar-refractivity contribution in [2.45, 2.75) is 12.1 Å². The molecule has 0 bridgehead atoms. The van der Waals surface area contributed by atoms with Crippen molar-refractivity contribution in [2.24, 2.45) is 11.5 Å². The van der Waals surface area contributed by atoms with Crippen LogP contribution in [0.15, 0.2) is 22.9 Å². The standard InChI is InChI=1S/C10H10N2S2/c11-7-8(12)10-6(2-4-14-10)5-1-3-13-9(5)7/h1-4,7-8H,11-12H2. The number of thiophene rings is 2. The van der Waals surface area contributed by atoms with Gasteiger partial charge >= 0.3 is 0 Å². The van der Waals surface area contributed by atoms with Crippen LogP contribution in [-0.4, -0.2) is 0 Å². The average molecular weight is 222 g/mol. The van der Waals surface area contributed by atoms with Gasteiger partial charge in [0.25, 0.3) is 0 Å². The third-order valence-electron chi connectivity index (χ3n) is 2.67. The first-order chi connectivity index (χ1) is 6.79. The molecule has 0 fully saturated rings. The maximum absolute atomic E-state index is 6.10. The molecule has 0 saturated carbocycles. The van der Waals surface area contributed by atoms with Crippen molar-refractivity contribution in [3.8, 4) is 11.1 Å². The van der Waals surface area contributed by atoms with E-state index in [9.17, 15) is 0 Å². The second-order valence-corrected chi connectivity index (χ2v) is 5.34. The molecule has 2 unspecified atom stereocenters. The summed E-state index contributed by atoms with van der Waals surface area (Å²) in [6.07, 6.45) is 0. The highest BCUT2D eigenvalue weighted by molar-refractivity contribution is 7.11. The summed E-state index contributed by atoms with van der Waals surface area (Å²) in [6.45, 7) is 0. The van der Waals surface area contributed by atoms with E-state index in [1.165, 1.54) is 20.9 Å². The Balaban J connectivity index is 2.31. The highest BCUT2D eigenvalue weighted by atomic mass is 32.1. The maximum atomic E-state index is 6.10. The van der Waals surface area contributed by atoms with Gasteiger partial charge in [0, 0.05) is 9.75 Å². The molecule has 2 heterocycles. The minimum Gasteiger partial charge on any atom is -0.322 e. The van der Waals surface area contributed by atoms with Gasteiger partial charge in [0.2, 0.25) is 0 Å². The minimum absolute atomic E-state index is 0.0313. The summed E-state index contributed by atoms with van der Waals surface area (Å²) in [7, 11) is 0. The minimum atomic E-state index is -0.0313. The van der Waals surface area contributed by atoms with E-state index >= 15 is 0 Å². The van der Waals surface area contributed by atoms with E-state index in [-0.39, 0.29) is 12.1 Å². The Morgan fingerprint density at radius 3 is 1.71 bits per heavy atom. The molecule has 0 aromatic carbocycles. The van der Waals surface area contributed by atoms with E-state index in [2.05, 4.69) is 22.9 Å². The topological polar surface area (TPSA) is 52.0 Å². The van der Waals surface area contributed by atoms with Gasteiger partial charge in [-0.05, 0) is 34.0 Å². The number of hydrogen-bond donors (Lipinski definition) is 2. The lowest BCUT2D eigenvalue weighted by Gasteiger charge is -2.25. The molecule has 1 aliphatic carbocycles.